The molecule has 2 saturated heterocycles. The molecule has 28 heavy (non-hydrogen) atoms. The summed E-state index contributed by atoms with van der Waals surface area (Å²) >= 11 is 0. The zero-order chi connectivity index (χ0) is 19.9. The molecule has 0 bridgehead atoms. The largest absolute Gasteiger partial charge is 0.352 e. The van der Waals surface area contributed by atoms with Gasteiger partial charge in [-0.05, 0) is 31.9 Å². The van der Waals surface area contributed by atoms with Gasteiger partial charge in [-0.2, -0.15) is 0 Å². The fraction of sp³-hybridized carbons (Fsp3) is 0.636. The summed E-state index contributed by atoms with van der Waals surface area (Å²) in [4.78, 5) is 31.4. The first kappa shape index (κ1) is 20.8. The Bertz CT molecular complexity index is 643. The highest BCUT2D eigenvalue weighted by atomic mass is 16.2. The maximum atomic E-state index is 13.0. The van der Waals surface area contributed by atoms with Crippen LogP contribution in [0.3, 0.4) is 0 Å². The molecule has 0 spiro atoms. The van der Waals surface area contributed by atoms with E-state index in [1.54, 1.807) is 0 Å². The van der Waals surface area contributed by atoms with E-state index in [-0.39, 0.29) is 23.9 Å². The van der Waals surface area contributed by atoms with Crippen LogP contribution in [0.25, 0.3) is 0 Å². The number of piperazine rings is 1. The second kappa shape index (κ2) is 10.0. The van der Waals surface area contributed by atoms with Gasteiger partial charge in [-0.3, -0.25) is 19.4 Å². The van der Waals surface area contributed by atoms with Gasteiger partial charge in [-0.15, -0.1) is 0 Å². The fourth-order valence-electron chi connectivity index (χ4n) is 4.19. The van der Waals surface area contributed by atoms with Crippen LogP contribution in [0.5, 0.6) is 0 Å². The highest BCUT2D eigenvalue weighted by Crippen LogP contribution is 2.16. The van der Waals surface area contributed by atoms with E-state index < -0.39 is 0 Å². The lowest BCUT2D eigenvalue weighted by molar-refractivity contribution is -0.138. The monoisotopic (exact) mass is 386 g/mol. The third kappa shape index (κ3) is 5.55. The molecular weight excluding hydrogens is 352 g/mol. The predicted molar refractivity (Wildman–Crippen MR) is 111 cm³/mol. The number of carbonyl (C=O) groups excluding carboxylic acids is 2. The van der Waals surface area contributed by atoms with Crippen LogP contribution >= 0.6 is 0 Å². The maximum absolute atomic E-state index is 13.0. The van der Waals surface area contributed by atoms with Gasteiger partial charge in [-0.25, -0.2) is 0 Å². The van der Waals surface area contributed by atoms with Crippen LogP contribution in [0.1, 0.15) is 38.7 Å². The Kier molecular flexibility index (Phi) is 7.45. The van der Waals surface area contributed by atoms with Gasteiger partial charge >= 0.3 is 0 Å². The summed E-state index contributed by atoms with van der Waals surface area (Å²) < 4.78 is 0. The molecule has 0 saturated carbocycles. The Morgan fingerprint density at radius 2 is 1.82 bits per heavy atom. The van der Waals surface area contributed by atoms with Crippen LogP contribution in [-0.4, -0.2) is 77.9 Å². The Morgan fingerprint density at radius 1 is 1.11 bits per heavy atom. The second-order valence-electron chi connectivity index (χ2n) is 8.02. The molecule has 2 fully saturated rings. The molecule has 2 atom stereocenters. The van der Waals surface area contributed by atoms with E-state index in [4.69, 9.17) is 0 Å². The molecule has 0 aliphatic carbocycles. The number of nitrogens with zero attached hydrogens (tertiary/aromatic N) is 3. The number of nitrogens with one attached hydrogen (secondary N) is 1. The van der Waals surface area contributed by atoms with Crippen molar-refractivity contribution in [3.8, 4) is 0 Å². The average Bonchev–Trinajstić information content (AvgIpc) is 2.74. The van der Waals surface area contributed by atoms with Crippen molar-refractivity contribution in [1.29, 1.82) is 0 Å². The van der Waals surface area contributed by atoms with Crippen LogP contribution in [-0.2, 0) is 16.1 Å². The Morgan fingerprint density at radius 3 is 2.50 bits per heavy atom. The van der Waals surface area contributed by atoms with E-state index in [0.29, 0.717) is 6.42 Å². The standard InChI is InChI=1S/C22H34N4O2/c1-3-21(27)23-20-10-7-11-26(17-20)18(2)22(28)25-14-12-24(13-15-25)16-19-8-5-4-6-9-19/h4-6,8-9,18,20H,3,7,10-17H2,1-2H3,(H,23,27). The normalized spacial score (nSPS) is 22.6. The first-order valence-corrected chi connectivity index (χ1v) is 10.6. The smallest absolute Gasteiger partial charge is 0.239 e. The SMILES string of the molecule is CCC(=O)NC1CCCN(C(C)C(=O)N2CCN(Cc3ccccc3)CC2)C1. The predicted octanol–water partition coefficient (Wildman–Crippen LogP) is 1.71. The van der Waals surface area contributed by atoms with E-state index in [1.165, 1.54) is 5.56 Å². The zero-order valence-corrected chi connectivity index (χ0v) is 17.3. The minimum atomic E-state index is -0.123. The highest BCUT2D eigenvalue weighted by Gasteiger charge is 2.31. The summed E-state index contributed by atoms with van der Waals surface area (Å²) in [5, 5.41) is 3.09. The van der Waals surface area contributed by atoms with Crippen molar-refractivity contribution in [1.82, 2.24) is 20.0 Å². The van der Waals surface area contributed by atoms with E-state index in [9.17, 15) is 9.59 Å². The number of benzene rings is 1. The van der Waals surface area contributed by atoms with Crippen molar-refractivity contribution in [2.45, 2.75) is 51.7 Å². The van der Waals surface area contributed by atoms with Gasteiger partial charge in [0.2, 0.25) is 11.8 Å². The number of hydrogen-bond donors (Lipinski definition) is 1. The van der Waals surface area contributed by atoms with E-state index in [0.717, 1.165) is 58.7 Å². The summed E-state index contributed by atoms with van der Waals surface area (Å²) in [5.41, 5.74) is 1.32. The number of carbonyl (C=O) groups is 2. The van der Waals surface area contributed by atoms with Crippen molar-refractivity contribution < 1.29 is 9.59 Å². The molecule has 3 rings (SSSR count). The lowest BCUT2D eigenvalue weighted by atomic mass is 10.0. The quantitative estimate of drug-likeness (QED) is 0.809. The maximum Gasteiger partial charge on any atom is 0.239 e. The molecule has 154 valence electrons. The summed E-state index contributed by atoms with van der Waals surface area (Å²) in [7, 11) is 0. The van der Waals surface area contributed by atoms with Crippen molar-refractivity contribution in [3.63, 3.8) is 0 Å². The molecule has 2 amide bonds. The van der Waals surface area contributed by atoms with Crippen molar-refractivity contribution in [2.75, 3.05) is 39.3 Å². The molecule has 1 N–H and O–H groups in total. The zero-order valence-electron chi connectivity index (χ0n) is 17.3. The minimum absolute atomic E-state index is 0.0976. The molecule has 2 unspecified atom stereocenters. The van der Waals surface area contributed by atoms with Crippen molar-refractivity contribution in [3.05, 3.63) is 35.9 Å². The first-order chi connectivity index (χ1) is 13.6. The molecule has 6 heteroatoms. The molecule has 2 heterocycles. The lowest BCUT2D eigenvalue weighted by Crippen LogP contribution is -2.57. The highest BCUT2D eigenvalue weighted by molar-refractivity contribution is 5.81. The van der Waals surface area contributed by atoms with Gasteiger partial charge in [-0.1, -0.05) is 37.3 Å². The molecule has 6 nitrogen and oxygen atoms in total. The van der Waals surface area contributed by atoms with E-state index in [2.05, 4.69) is 39.4 Å². The average molecular weight is 387 g/mol. The second-order valence-corrected chi connectivity index (χ2v) is 8.02. The van der Waals surface area contributed by atoms with Gasteiger partial charge in [0, 0.05) is 51.7 Å². The minimum Gasteiger partial charge on any atom is -0.352 e. The van der Waals surface area contributed by atoms with Crippen LogP contribution in [0.15, 0.2) is 30.3 Å². The van der Waals surface area contributed by atoms with Crippen LogP contribution < -0.4 is 5.32 Å². The van der Waals surface area contributed by atoms with Gasteiger partial charge in [0.05, 0.1) is 6.04 Å². The third-order valence-electron chi connectivity index (χ3n) is 5.98. The van der Waals surface area contributed by atoms with Crippen LogP contribution in [0.2, 0.25) is 0 Å². The topological polar surface area (TPSA) is 55.9 Å². The van der Waals surface area contributed by atoms with Gasteiger partial charge in [0.1, 0.15) is 0 Å². The summed E-state index contributed by atoms with van der Waals surface area (Å²) in [6.45, 7) is 9.96. The number of likely N-dealkylation sites (tertiary alicyclic amines) is 1. The molecule has 2 aliphatic heterocycles. The lowest BCUT2D eigenvalue weighted by Gasteiger charge is -2.40. The van der Waals surface area contributed by atoms with Crippen molar-refractivity contribution in [2.24, 2.45) is 0 Å². The molecule has 1 aromatic rings. The number of piperidine rings is 1. The fourth-order valence-corrected chi connectivity index (χ4v) is 4.19. The summed E-state index contributed by atoms with van der Waals surface area (Å²) in [6.07, 6.45) is 2.54. The Balaban J connectivity index is 1.47. The van der Waals surface area contributed by atoms with Crippen LogP contribution in [0.4, 0.5) is 0 Å². The number of amides is 2. The number of rotatable bonds is 6. The molecule has 2 aliphatic rings. The van der Waals surface area contributed by atoms with Crippen LogP contribution in [0, 0.1) is 0 Å². The molecule has 0 aromatic heterocycles. The van der Waals surface area contributed by atoms with Gasteiger partial charge in [0.25, 0.3) is 0 Å². The first-order valence-electron chi connectivity index (χ1n) is 10.6. The molecular formula is C22H34N4O2. The number of hydrogen-bond acceptors (Lipinski definition) is 4. The Labute approximate surface area is 168 Å². The van der Waals surface area contributed by atoms with E-state index in [1.807, 2.05) is 24.8 Å². The Hall–Kier alpha value is -1.92. The summed E-state index contributed by atoms with van der Waals surface area (Å²) in [5.74, 6) is 0.321. The van der Waals surface area contributed by atoms with Gasteiger partial charge in [0.15, 0.2) is 0 Å². The van der Waals surface area contributed by atoms with Gasteiger partial charge < -0.3 is 10.2 Å². The third-order valence-corrected chi connectivity index (χ3v) is 5.98. The summed E-state index contributed by atoms with van der Waals surface area (Å²) in [6, 6.07) is 10.5. The molecule has 1 aromatic carbocycles. The molecule has 0 radical (unpaired) electrons. The van der Waals surface area contributed by atoms with E-state index >= 15 is 0 Å². The van der Waals surface area contributed by atoms with Crippen molar-refractivity contribution >= 4 is 11.8 Å².